The standard InChI is InChI=1S/C4H10NO.V/c1-4(6)2-3-5;/h4-6H,2-3H2,1H3;/q-1;. The normalized spacial score (nSPS) is 12.4. The maximum atomic E-state index is 8.43. The zero-order valence-corrected chi connectivity index (χ0v) is 5.78. The molecule has 0 aromatic rings. The first kappa shape index (κ1) is 10.5. The quantitative estimate of drug-likeness (QED) is 0.604. The summed E-state index contributed by atoms with van der Waals surface area (Å²) in [6.45, 7) is 2.02. The van der Waals surface area contributed by atoms with Gasteiger partial charge in [0.1, 0.15) is 0 Å². The summed E-state index contributed by atoms with van der Waals surface area (Å²) in [5, 5.41) is 8.43. The molecule has 0 aliphatic rings. The van der Waals surface area contributed by atoms with Crippen LogP contribution in [0.3, 0.4) is 0 Å². The second kappa shape index (κ2) is 6.50. The van der Waals surface area contributed by atoms with Crippen molar-refractivity contribution in [3.8, 4) is 0 Å². The molecule has 1 atom stereocenters. The predicted octanol–water partition coefficient (Wildman–Crippen LogP) is 0.807. The topological polar surface area (TPSA) is 44.0 Å². The summed E-state index contributed by atoms with van der Waals surface area (Å²) in [7, 11) is 0. The van der Waals surface area contributed by atoms with Crippen LogP contribution in [0.15, 0.2) is 0 Å². The summed E-state index contributed by atoms with van der Waals surface area (Å²) >= 11 is 0. The van der Waals surface area contributed by atoms with Crippen molar-refractivity contribution in [2.45, 2.75) is 19.4 Å². The van der Waals surface area contributed by atoms with Gasteiger partial charge in [-0.3, -0.25) is 0 Å². The van der Waals surface area contributed by atoms with Crippen molar-refractivity contribution in [3.05, 3.63) is 5.73 Å². The van der Waals surface area contributed by atoms with E-state index in [9.17, 15) is 0 Å². The molecule has 0 aliphatic carbocycles. The first-order valence-electron chi connectivity index (χ1n) is 2.10. The van der Waals surface area contributed by atoms with Crippen molar-refractivity contribution in [1.29, 1.82) is 0 Å². The van der Waals surface area contributed by atoms with Crippen LogP contribution in [0.25, 0.3) is 5.73 Å². The molecule has 1 unspecified atom stereocenters. The number of aliphatic hydroxyl groups is 1. The van der Waals surface area contributed by atoms with E-state index in [-0.39, 0.29) is 24.7 Å². The Balaban J connectivity index is 0. The smallest absolute Gasteiger partial charge is 0.0495 e. The molecule has 0 aromatic heterocycles. The van der Waals surface area contributed by atoms with E-state index in [1.165, 1.54) is 0 Å². The van der Waals surface area contributed by atoms with Crippen LogP contribution in [0, 0.1) is 0 Å². The van der Waals surface area contributed by atoms with Gasteiger partial charge in [-0.25, -0.2) is 0 Å². The molecule has 0 saturated heterocycles. The third-order valence-electron chi connectivity index (χ3n) is 0.562. The zero-order valence-electron chi connectivity index (χ0n) is 4.39. The Morgan fingerprint density at radius 3 is 2.14 bits per heavy atom. The molecule has 3 heteroatoms. The van der Waals surface area contributed by atoms with Crippen LogP contribution < -0.4 is 0 Å². The molecule has 0 spiro atoms. The van der Waals surface area contributed by atoms with Gasteiger partial charge < -0.3 is 10.8 Å². The van der Waals surface area contributed by atoms with Gasteiger partial charge in [-0.15, -0.1) is 6.54 Å². The summed E-state index contributed by atoms with van der Waals surface area (Å²) in [5.74, 6) is 0. The van der Waals surface area contributed by atoms with Crippen LogP contribution in [0.1, 0.15) is 13.3 Å². The molecule has 0 fully saturated rings. The van der Waals surface area contributed by atoms with Crippen molar-refractivity contribution in [1.82, 2.24) is 0 Å². The molecule has 1 radical (unpaired) electrons. The van der Waals surface area contributed by atoms with E-state index in [0.717, 1.165) is 0 Å². The minimum atomic E-state index is -0.289. The van der Waals surface area contributed by atoms with E-state index in [2.05, 4.69) is 0 Å². The summed E-state index contributed by atoms with van der Waals surface area (Å²) < 4.78 is 0. The van der Waals surface area contributed by atoms with Crippen LogP contribution in [0.5, 0.6) is 0 Å². The van der Waals surface area contributed by atoms with Crippen LogP contribution in [-0.2, 0) is 18.6 Å². The molecule has 0 aliphatic heterocycles. The third kappa shape index (κ3) is 10.7. The average molecular weight is 139 g/mol. The summed E-state index contributed by atoms with van der Waals surface area (Å²) in [5.41, 5.74) is 6.57. The van der Waals surface area contributed by atoms with Crippen molar-refractivity contribution < 1.29 is 23.7 Å². The van der Waals surface area contributed by atoms with E-state index in [0.29, 0.717) is 13.0 Å². The molecule has 0 amide bonds. The zero-order chi connectivity index (χ0) is 4.99. The fourth-order valence-electron chi connectivity index (χ4n) is 0.209. The third-order valence-corrected chi connectivity index (χ3v) is 0.562. The van der Waals surface area contributed by atoms with Crippen LogP contribution in [-0.4, -0.2) is 17.8 Å². The van der Waals surface area contributed by atoms with Gasteiger partial charge in [0.25, 0.3) is 0 Å². The Hall–Kier alpha value is 0.504. The van der Waals surface area contributed by atoms with Crippen LogP contribution in [0.2, 0.25) is 0 Å². The maximum absolute atomic E-state index is 8.43. The van der Waals surface area contributed by atoms with Gasteiger partial charge in [0.15, 0.2) is 0 Å². The molecule has 43 valence electrons. The minimum Gasteiger partial charge on any atom is -0.677 e. The van der Waals surface area contributed by atoms with Gasteiger partial charge in [-0.05, 0) is 13.3 Å². The minimum absolute atomic E-state index is 0. The van der Waals surface area contributed by atoms with Crippen LogP contribution >= 0.6 is 0 Å². The molecule has 0 rings (SSSR count). The van der Waals surface area contributed by atoms with Gasteiger partial charge in [0.05, 0.1) is 0 Å². The molecular formula is C4H10NOV-. The number of aliphatic hydroxyl groups excluding tert-OH is 1. The van der Waals surface area contributed by atoms with Crippen molar-refractivity contribution in [3.63, 3.8) is 0 Å². The number of rotatable bonds is 2. The number of nitrogens with one attached hydrogen (secondary N) is 1. The number of hydrogen-bond donors (Lipinski definition) is 1. The van der Waals surface area contributed by atoms with Crippen molar-refractivity contribution in [2.75, 3.05) is 6.54 Å². The molecule has 0 aromatic carbocycles. The maximum Gasteiger partial charge on any atom is 0.0495 e. The van der Waals surface area contributed by atoms with Gasteiger partial charge in [0.2, 0.25) is 0 Å². The Labute approximate surface area is 56.0 Å². The Bertz CT molecular complexity index is 32.9. The van der Waals surface area contributed by atoms with Gasteiger partial charge in [-0.2, -0.15) is 0 Å². The van der Waals surface area contributed by atoms with Gasteiger partial charge in [0, 0.05) is 24.7 Å². The summed E-state index contributed by atoms with van der Waals surface area (Å²) in [4.78, 5) is 0. The monoisotopic (exact) mass is 139 g/mol. The second-order valence-electron chi connectivity index (χ2n) is 1.39. The Kier molecular flexibility index (Phi) is 9.74. The van der Waals surface area contributed by atoms with E-state index in [1.54, 1.807) is 6.92 Å². The first-order chi connectivity index (χ1) is 2.77. The molecule has 0 saturated carbocycles. The number of hydrogen-bond acceptors (Lipinski definition) is 1. The van der Waals surface area contributed by atoms with E-state index in [1.807, 2.05) is 0 Å². The van der Waals surface area contributed by atoms with E-state index in [4.69, 9.17) is 10.8 Å². The summed E-state index contributed by atoms with van der Waals surface area (Å²) in [6.07, 6.45) is 0.308. The van der Waals surface area contributed by atoms with Crippen molar-refractivity contribution in [2.24, 2.45) is 0 Å². The summed E-state index contributed by atoms with van der Waals surface area (Å²) in [6, 6.07) is 0. The SMILES string of the molecule is CC(O)CC[NH-].[V]. The molecule has 0 bridgehead atoms. The molecular weight excluding hydrogens is 129 g/mol. The molecule has 0 heterocycles. The molecule has 2 nitrogen and oxygen atoms in total. The van der Waals surface area contributed by atoms with Gasteiger partial charge >= 0.3 is 0 Å². The molecule has 2 N–H and O–H groups in total. The van der Waals surface area contributed by atoms with Crippen molar-refractivity contribution >= 4 is 0 Å². The Morgan fingerprint density at radius 1 is 1.71 bits per heavy atom. The van der Waals surface area contributed by atoms with Gasteiger partial charge in [-0.1, -0.05) is 0 Å². The Morgan fingerprint density at radius 2 is 2.14 bits per heavy atom. The van der Waals surface area contributed by atoms with E-state index >= 15 is 0 Å². The van der Waals surface area contributed by atoms with Crippen LogP contribution in [0.4, 0.5) is 0 Å². The first-order valence-corrected chi connectivity index (χ1v) is 2.10. The molecule has 7 heavy (non-hydrogen) atoms. The largest absolute Gasteiger partial charge is 0.677 e. The fourth-order valence-corrected chi connectivity index (χ4v) is 0.209. The average Bonchev–Trinajstić information content (AvgIpc) is 1.35. The fraction of sp³-hybridized carbons (Fsp3) is 1.00. The predicted molar refractivity (Wildman–Crippen MR) is 25.5 cm³/mol. The second-order valence-corrected chi connectivity index (χ2v) is 1.39. The van der Waals surface area contributed by atoms with E-state index < -0.39 is 0 Å².